The third kappa shape index (κ3) is 5.67. The van der Waals surface area contributed by atoms with Crippen LogP contribution < -0.4 is 21.0 Å². The summed E-state index contributed by atoms with van der Waals surface area (Å²) < 4.78 is 15.4. The second-order valence-corrected chi connectivity index (χ2v) is 9.99. The van der Waals surface area contributed by atoms with Crippen molar-refractivity contribution >= 4 is 52.4 Å². The molecule has 2 aliphatic rings. The third-order valence-corrected chi connectivity index (χ3v) is 6.85. The number of anilines is 2. The molecule has 1 amide bonds. The van der Waals surface area contributed by atoms with Gasteiger partial charge < -0.3 is 20.4 Å². The molecule has 0 radical (unpaired) electrons. The Bertz CT molecular complexity index is 1110. The molecule has 0 saturated carbocycles. The van der Waals surface area contributed by atoms with Gasteiger partial charge in [-0.25, -0.2) is 4.39 Å². The number of nitrogens with one attached hydrogen (secondary N) is 1. The van der Waals surface area contributed by atoms with Crippen LogP contribution in [0.4, 0.5) is 15.8 Å². The zero-order chi connectivity index (χ0) is 25.1. The minimum atomic E-state index is -0.332. The monoisotopic (exact) mass is 516 g/mol. The van der Waals surface area contributed by atoms with Crippen LogP contribution in [0.5, 0.6) is 0 Å². The van der Waals surface area contributed by atoms with Gasteiger partial charge in [-0.05, 0) is 75.3 Å². The number of piperazine rings is 1. The van der Waals surface area contributed by atoms with Gasteiger partial charge in [-0.1, -0.05) is 11.6 Å². The van der Waals surface area contributed by atoms with Crippen molar-refractivity contribution in [2.75, 3.05) is 36.0 Å². The van der Waals surface area contributed by atoms with Gasteiger partial charge in [0.2, 0.25) is 0 Å². The number of carbonyl (C=O) groups is 1. The smallest absolute Gasteiger partial charge is 0.254 e. The molecule has 2 fully saturated rings. The molecule has 0 spiro atoms. The van der Waals surface area contributed by atoms with Crippen LogP contribution in [-0.4, -0.2) is 60.4 Å². The van der Waals surface area contributed by atoms with Crippen molar-refractivity contribution in [1.82, 2.24) is 10.3 Å². The molecule has 7 nitrogen and oxygen atoms in total. The highest BCUT2D eigenvalue weighted by Gasteiger charge is 2.34. The maximum absolute atomic E-state index is 15.4. The summed E-state index contributed by atoms with van der Waals surface area (Å²) in [5, 5.41) is 4.68. The number of carbonyl (C=O) groups excluding carboxylic acids is 1. The largest absolute Gasteiger partial charge is 0.375 e. The van der Waals surface area contributed by atoms with E-state index in [-0.39, 0.29) is 28.9 Å². The first-order valence-electron chi connectivity index (χ1n) is 11.7. The Hall–Kier alpha value is -2.91. The molecule has 0 unspecified atom stereocenters. The van der Waals surface area contributed by atoms with Gasteiger partial charge >= 0.3 is 0 Å². The van der Waals surface area contributed by atoms with Gasteiger partial charge in [0, 0.05) is 60.1 Å². The molecule has 186 valence electrons. The molecule has 2 aromatic carbocycles. The topological polar surface area (TPSA) is 77.2 Å². The lowest BCUT2D eigenvalue weighted by Gasteiger charge is -2.45. The average molecular weight is 517 g/mol. The van der Waals surface area contributed by atoms with Crippen molar-refractivity contribution in [3.63, 3.8) is 0 Å². The molecule has 2 aliphatic heterocycles. The van der Waals surface area contributed by atoms with Crippen LogP contribution in [0.3, 0.4) is 0 Å². The van der Waals surface area contributed by atoms with Gasteiger partial charge in [0.25, 0.3) is 5.91 Å². The predicted octanol–water partition coefficient (Wildman–Crippen LogP) is 3.99. The van der Waals surface area contributed by atoms with Crippen molar-refractivity contribution in [2.24, 2.45) is 10.8 Å². The number of halogens is 2. The molecule has 0 aromatic heterocycles. The van der Waals surface area contributed by atoms with Gasteiger partial charge in [0.05, 0.1) is 11.9 Å². The SMILES string of the molecule is C[C@@H]1CN(c2cc(N3CCCC3)c(C=NNC(N)=S)cc2F)C[C@H](C)N1C(=O)c1ccc(Cl)cc1. The molecule has 3 N–H and O–H groups in total. The Morgan fingerprint density at radius 1 is 1.11 bits per heavy atom. The second kappa shape index (κ2) is 10.8. The number of hydrogen-bond acceptors (Lipinski definition) is 5. The van der Waals surface area contributed by atoms with Crippen LogP contribution in [0.25, 0.3) is 0 Å². The van der Waals surface area contributed by atoms with Crippen LogP contribution in [-0.2, 0) is 0 Å². The number of amides is 1. The molecule has 35 heavy (non-hydrogen) atoms. The number of rotatable bonds is 5. The van der Waals surface area contributed by atoms with Crippen LogP contribution in [0.15, 0.2) is 41.5 Å². The highest BCUT2D eigenvalue weighted by Crippen LogP contribution is 2.33. The fraction of sp³-hybridized carbons (Fsp3) is 0.400. The maximum Gasteiger partial charge on any atom is 0.254 e. The van der Waals surface area contributed by atoms with Crippen molar-refractivity contribution in [3.05, 3.63) is 58.4 Å². The summed E-state index contributed by atoms with van der Waals surface area (Å²) in [6.45, 7) is 6.86. The highest BCUT2D eigenvalue weighted by atomic mass is 35.5. The van der Waals surface area contributed by atoms with Crippen molar-refractivity contribution in [2.45, 2.75) is 38.8 Å². The summed E-state index contributed by atoms with van der Waals surface area (Å²) in [5.74, 6) is -0.377. The number of thiocarbonyl (C=S) groups is 1. The van der Waals surface area contributed by atoms with Crippen LogP contribution >= 0.6 is 23.8 Å². The Kier molecular flexibility index (Phi) is 7.76. The van der Waals surface area contributed by atoms with Gasteiger partial charge in [-0.3, -0.25) is 10.2 Å². The number of nitrogens with zero attached hydrogens (tertiary/aromatic N) is 4. The Morgan fingerprint density at radius 3 is 2.34 bits per heavy atom. The molecule has 2 atom stereocenters. The third-order valence-electron chi connectivity index (χ3n) is 6.51. The maximum atomic E-state index is 15.4. The van der Waals surface area contributed by atoms with Crippen molar-refractivity contribution in [1.29, 1.82) is 0 Å². The van der Waals surface area contributed by atoms with E-state index >= 15 is 4.39 Å². The summed E-state index contributed by atoms with van der Waals surface area (Å²) >= 11 is 10.8. The van der Waals surface area contributed by atoms with E-state index in [9.17, 15) is 4.79 Å². The van der Waals surface area contributed by atoms with Crippen LogP contribution in [0, 0.1) is 5.82 Å². The number of nitrogens with two attached hydrogens (primary N) is 1. The van der Waals surface area contributed by atoms with E-state index in [1.807, 2.05) is 29.7 Å². The number of hydrazone groups is 1. The number of hydrogen-bond donors (Lipinski definition) is 2. The van der Waals surface area contributed by atoms with Crippen molar-refractivity contribution < 1.29 is 9.18 Å². The normalized spacial score (nSPS) is 20.5. The second-order valence-electron chi connectivity index (χ2n) is 9.11. The average Bonchev–Trinajstić information content (AvgIpc) is 3.33. The Morgan fingerprint density at radius 2 is 1.74 bits per heavy atom. The zero-order valence-electron chi connectivity index (χ0n) is 19.9. The Balaban J connectivity index is 1.59. The van der Waals surface area contributed by atoms with E-state index < -0.39 is 0 Å². The zero-order valence-corrected chi connectivity index (χ0v) is 21.4. The lowest BCUT2D eigenvalue weighted by Crippen LogP contribution is -2.59. The molecular formula is C25H30ClFN6OS. The molecule has 2 aromatic rings. The minimum Gasteiger partial charge on any atom is -0.375 e. The summed E-state index contributed by atoms with van der Waals surface area (Å²) in [7, 11) is 0. The first kappa shape index (κ1) is 25.2. The van der Waals surface area contributed by atoms with E-state index in [0.717, 1.165) is 31.6 Å². The van der Waals surface area contributed by atoms with Gasteiger partial charge in [0.15, 0.2) is 5.11 Å². The summed E-state index contributed by atoms with van der Waals surface area (Å²) in [6, 6.07) is 10.1. The van der Waals surface area contributed by atoms with Gasteiger partial charge in [0.1, 0.15) is 5.82 Å². The highest BCUT2D eigenvalue weighted by molar-refractivity contribution is 7.80. The van der Waals surface area contributed by atoms with E-state index in [1.54, 1.807) is 30.5 Å². The minimum absolute atomic E-state index is 0.0450. The summed E-state index contributed by atoms with van der Waals surface area (Å²) in [5.41, 5.74) is 10.7. The van der Waals surface area contributed by atoms with Gasteiger partial charge in [-0.2, -0.15) is 5.10 Å². The van der Waals surface area contributed by atoms with E-state index in [2.05, 4.69) is 15.4 Å². The quantitative estimate of drug-likeness (QED) is 0.355. The molecule has 2 saturated heterocycles. The Labute approximate surface area is 215 Å². The van der Waals surface area contributed by atoms with E-state index in [4.69, 9.17) is 29.6 Å². The summed E-state index contributed by atoms with van der Waals surface area (Å²) in [6.07, 6.45) is 3.73. The summed E-state index contributed by atoms with van der Waals surface area (Å²) in [4.78, 5) is 19.4. The first-order valence-corrected chi connectivity index (χ1v) is 12.5. The fourth-order valence-electron chi connectivity index (χ4n) is 4.97. The van der Waals surface area contributed by atoms with Crippen LogP contribution in [0.1, 0.15) is 42.6 Å². The fourth-order valence-corrected chi connectivity index (χ4v) is 5.15. The molecule has 0 aliphatic carbocycles. The van der Waals surface area contributed by atoms with Crippen molar-refractivity contribution in [3.8, 4) is 0 Å². The lowest BCUT2D eigenvalue weighted by molar-refractivity contribution is 0.0574. The first-order chi connectivity index (χ1) is 16.7. The predicted molar refractivity (Wildman–Crippen MR) is 144 cm³/mol. The molecule has 10 heteroatoms. The number of benzene rings is 2. The standard InChI is InChI=1S/C25H30ClFN6OS/c1-16-14-32(15-17(2)33(16)24(34)18-5-7-20(26)8-6-18)23-12-22(31-9-3-4-10-31)19(11-21(23)27)13-29-30-25(28)35/h5-8,11-13,16-17H,3-4,9-10,14-15H2,1-2H3,(H3,28,30,35)/t16-,17+. The molecular weight excluding hydrogens is 487 g/mol. The van der Waals surface area contributed by atoms with E-state index in [1.165, 1.54) is 6.07 Å². The molecule has 0 bridgehead atoms. The van der Waals surface area contributed by atoms with Gasteiger partial charge in [-0.15, -0.1) is 0 Å². The lowest BCUT2D eigenvalue weighted by atomic mass is 10.0. The van der Waals surface area contributed by atoms with Crippen LogP contribution in [0.2, 0.25) is 5.02 Å². The van der Waals surface area contributed by atoms with E-state index in [0.29, 0.717) is 34.9 Å². The molecule has 4 rings (SSSR count). The molecule has 2 heterocycles.